The van der Waals surface area contributed by atoms with E-state index in [1.807, 2.05) is 32.0 Å². The third-order valence-corrected chi connectivity index (χ3v) is 5.15. The van der Waals surface area contributed by atoms with Crippen LogP contribution in [-0.4, -0.2) is 58.1 Å². The van der Waals surface area contributed by atoms with Crippen molar-refractivity contribution in [1.29, 1.82) is 0 Å². The van der Waals surface area contributed by atoms with E-state index in [2.05, 4.69) is 5.10 Å². The number of aryl methyl sites for hydroxylation is 1. The smallest absolute Gasteiger partial charge is 0.259 e. The highest BCUT2D eigenvalue weighted by Crippen LogP contribution is 2.24. The number of halogens is 2. The molecule has 0 unspecified atom stereocenters. The predicted molar refractivity (Wildman–Crippen MR) is 107 cm³/mol. The molecule has 0 atom stereocenters. The van der Waals surface area contributed by atoms with Crippen LogP contribution < -0.4 is 0 Å². The van der Waals surface area contributed by atoms with E-state index in [1.165, 1.54) is 4.90 Å². The molecule has 0 aliphatic rings. The lowest BCUT2D eigenvalue weighted by molar-refractivity contribution is -0.131. The van der Waals surface area contributed by atoms with Gasteiger partial charge in [0, 0.05) is 25.2 Å². The quantitative estimate of drug-likeness (QED) is 0.701. The molecule has 0 aliphatic carbocycles. The Bertz CT molecular complexity index is 831. The van der Waals surface area contributed by atoms with Gasteiger partial charge in [0.2, 0.25) is 5.91 Å². The van der Waals surface area contributed by atoms with Crippen LogP contribution in [0.5, 0.6) is 0 Å². The molecule has 0 aliphatic heterocycles. The highest BCUT2D eigenvalue weighted by molar-refractivity contribution is 6.33. The van der Waals surface area contributed by atoms with Crippen molar-refractivity contribution in [3.8, 4) is 0 Å². The average Bonchev–Trinajstić information content (AvgIpc) is 2.90. The molecule has 0 radical (unpaired) electrons. The molecule has 146 valence electrons. The second kappa shape index (κ2) is 9.24. The summed E-state index contributed by atoms with van der Waals surface area (Å²) in [6.45, 7) is 7.09. The van der Waals surface area contributed by atoms with Gasteiger partial charge in [-0.15, -0.1) is 0 Å². The largest absolute Gasteiger partial charge is 0.342 e. The number of aromatic nitrogens is 2. The minimum atomic E-state index is -0.330. The third kappa shape index (κ3) is 4.82. The van der Waals surface area contributed by atoms with E-state index in [0.29, 0.717) is 35.9 Å². The first kappa shape index (κ1) is 21.3. The van der Waals surface area contributed by atoms with E-state index in [4.69, 9.17) is 23.2 Å². The number of hydrogen-bond donors (Lipinski definition) is 0. The molecule has 2 amide bonds. The van der Waals surface area contributed by atoms with Gasteiger partial charge in [0.15, 0.2) is 0 Å². The Morgan fingerprint density at radius 1 is 1.15 bits per heavy atom. The number of rotatable bonds is 7. The molecule has 1 aromatic carbocycles. The lowest BCUT2D eigenvalue weighted by atomic mass is 10.2. The first-order valence-corrected chi connectivity index (χ1v) is 9.55. The van der Waals surface area contributed by atoms with E-state index in [1.54, 1.807) is 29.6 Å². The van der Waals surface area contributed by atoms with Crippen LogP contribution >= 0.6 is 23.2 Å². The highest BCUT2D eigenvalue weighted by Gasteiger charge is 2.25. The van der Waals surface area contributed by atoms with Gasteiger partial charge in [-0.3, -0.25) is 9.59 Å². The van der Waals surface area contributed by atoms with Gasteiger partial charge in [-0.2, -0.15) is 5.10 Å². The van der Waals surface area contributed by atoms with Gasteiger partial charge in [0.05, 0.1) is 24.3 Å². The van der Waals surface area contributed by atoms with Crippen LogP contribution in [0.15, 0.2) is 24.3 Å². The van der Waals surface area contributed by atoms with Crippen LogP contribution in [0.25, 0.3) is 0 Å². The third-order valence-electron chi connectivity index (χ3n) is 4.39. The summed E-state index contributed by atoms with van der Waals surface area (Å²) in [4.78, 5) is 28.2. The van der Waals surface area contributed by atoms with Crippen molar-refractivity contribution < 1.29 is 9.59 Å². The van der Waals surface area contributed by atoms with E-state index in [9.17, 15) is 9.59 Å². The first-order chi connectivity index (χ1) is 12.8. The Labute approximate surface area is 169 Å². The zero-order valence-corrected chi connectivity index (χ0v) is 17.5. The molecule has 6 nitrogen and oxygen atoms in total. The van der Waals surface area contributed by atoms with Crippen molar-refractivity contribution in [2.24, 2.45) is 0 Å². The van der Waals surface area contributed by atoms with Gasteiger partial charge in [-0.1, -0.05) is 41.4 Å². The molecule has 2 rings (SSSR count). The molecule has 1 heterocycles. The van der Waals surface area contributed by atoms with Gasteiger partial charge < -0.3 is 9.80 Å². The second-order valence-electron chi connectivity index (χ2n) is 6.23. The van der Waals surface area contributed by atoms with E-state index < -0.39 is 0 Å². The van der Waals surface area contributed by atoms with E-state index in [-0.39, 0.29) is 23.5 Å². The minimum Gasteiger partial charge on any atom is -0.342 e. The zero-order valence-electron chi connectivity index (χ0n) is 16.0. The molecule has 0 saturated heterocycles. The number of likely N-dealkylation sites (N-methyl/N-ethyl adjacent to an activating group) is 2. The summed E-state index contributed by atoms with van der Waals surface area (Å²) in [5.74, 6) is -0.434. The van der Waals surface area contributed by atoms with Crippen molar-refractivity contribution in [2.45, 2.75) is 27.3 Å². The van der Waals surface area contributed by atoms with Gasteiger partial charge >= 0.3 is 0 Å². The topological polar surface area (TPSA) is 58.4 Å². The van der Waals surface area contributed by atoms with Gasteiger partial charge in [0.1, 0.15) is 5.15 Å². The minimum absolute atomic E-state index is 0.00796. The van der Waals surface area contributed by atoms with Crippen LogP contribution in [0.4, 0.5) is 0 Å². The maximum Gasteiger partial charge on any atom is 0.259 e. The summed E-state index contributed by atoms with van der Waals surface area (Å²) >= 11 is 12.6. The summed E-state index contributed by atoms with van der Waals surface area (Å²) in [6, 6.07) is 7.40. The molecule has 0 fully saturated rings. The van der Waals surface area contributed by atoms with E-state index >= 15 is 0 Å². The number of carbonyl (C=O) groups excluding carboxylic acids is 2. The van der Waals surface area contributed by atoms with Crippen molar-refractivity contribution >= 4 is 35.0 Å². The fourth-order valence-electron chi connectivity index (χ4n) is 2.83. The predicted octanol–water partition coefficient (Wildman–Crippen LogP) is 3.49. The van der Waals surface area contributed by atoms with Crippen molar-refractivity contribution in [3.05, 3.63) is 51.3 Å². The zero-order chi connectivity index (χ0) is 20.1. The summed E-state index contributed by atoms with van der Waals surface area (Å²) in [5, 5.41) is 5.22. The van der Waals surface area contributed by atoms with E-state index in [0.717, 1.165) is 5.56 Å². The van der Waals surface area contributed by atoms with Gasteiger partial charge in [0.25, 0.3) is 5.91 Å². The fraction of sp³-hybridized carbons (Fsp3) is 0.421. The lowest BCUT2D eigenvalue weighted by Crippen LogP contribution is -2.41. The molecule has 8 heteroatoms. The van der Waals surface area contributed by atoms with Crippen molar-refractivity contribution in [3.63, 3.8) is 0 Å². The monoisotopic (exact) mass is 410 g/mol. The molecule has 0 saturated carbocycles. The van der Waals surface area contributed by atoms with Crippen molar-refractivity contribution in [1.82, 2.24) is 19.6 Å². The molecular formula is C19H24Cl2N4O2. The highest BCUT2D eigenvalue weighted by atomic mass is 35.5. The van der Waals surface area contributed by atoms with Gasteiger partial charge in [-0.05, 0) is 32.4 Å². The maximum atomic E-state index is 12.8. The summed E-state index contributed by atoms with van der Waals surface area (Å²) in [6.07, 6.45) is 0. The summed E-state index contributed by atoms with van der Waals surface area (Å²) < 4.78 is 1.55. The van der Waals surface area contributed by atoms with Crippen LogP contribution in [0.2, 0.25) is 10.2 Å². The molecule has 0 spiro atoms. The maximum absolute atomic E-state index is 12.8. The summed E-state index contributed by atoms with van der Waals surface area (Å²) in [7, 11) is 1.59. The standard InChI is InChI=1S/C19H24Cl2N4O2/c1-5-24(6-2)16(26)12-23(4)19(27)17-13(3)22-25(18(17)21)11-14-9-7-8-10-15(14)20/h7-10H,5-6,11-12H2,1-4H3. The van der Waals surface area contributed by atoms with Crippen LogP contribution in [0.1, 0.15) is 35.5 Å². The Morgan fingerprint density at radius 2 is 1.78 bits per heavy atom. The number of benzene rings is 1. The molecule has 0 N–H and O–H groups in total. The first-order valence-electron chi connectivity index (χ1n) is 8.79. The molecule has 0 bridgehead atoms. The van der Waals surface area contributed by atoms with Gasteiger partial charge in [-0.25, -0.2) is 4.68 Å². The molecule has 27 heavy (non-hydrogen) atoms. The van der Waals surface area contributed by atoms with Crippen LogP contribution in [0.3, 0.4) is 0 Å². The second-order valence-corrected chi connectivity index (χ2v) is 6.99. The fourth-order valence-corrected chi connectivity index (χ4v) is 3.34. The summed E-state index contributed by atoms with van der Waals surface area (Å²) in [5.41, 5.74) is 1.67. The lowest BCUT2D eigenvalue weighted by Gasteiger charge is -2.23. The number of nitrogens with zero attached hydrogens (tertiary/aromatic N) is 4. The Kier molecular flexibility index (Phi) is 7.27. The average molecular weight is 411 g/mol. The Balaban J connectivity index is 2.21. The molecule has 1 aromatic heterocycles. The SMILES string of the molecule is CCN(CC)C(=O)CN(C)C(=O)c1c(C)nn(Cc2ccccc2Cl)c1Cl. The molecule has 2 aromatic rings. The normalized spacial score (nSPS) is 10.7. The van der Waals surface area contributed by atoms with Crippen LogP contribution in [0, 0.1) is 6.92 Å². The Morgan fingerprint density at radius 3 is 2.37 bits per heavy atom. The number of hydrogen-bond acceptors (Lipinski definition) is 3. The molecular weight excluding hydrogens is 387 g/mol. The van der Waals surface area contributed by atoms with Crippen molar-refractivity contribution in [2.75, 3.05) is 26.7 Å². The van der Waals surface area contributed by atoms with Crippen LogP contribution in [-0.2, 0) is 11.3 Å². The number of amides is 2. The Hall–Kier alpha value is -2.05. The number of carbonyl (C=O) groups is 2.